The summed E-state index contributed by atoms with van der Waals surface area (Å²) in [5, 5.41) is 1.13. The van der Waals surface area contributed by atoms with Crippen LogP contribution >= 0.6 is 11.8 Å². The van der Waals surface area contributed by atoms with Gasteiger partial charge >= 0.3 is 0 Å². The highest BCUT2D eigenvalue weighted by atomic mass is 32.2. The molecule has 1 aliphatic rings. The van der Waals surface area contributed by atoms with E-state index in [9.17, 15) is 4.79 Å². The highest BCUT2D eigenvalue weighted by molar-refractivity contribution is 8.03. The number of hydrogen-bond donors (Lipinski definition) is 0. The topological polar surface area (TPSA) is 20.3 Å². The monoisotopic (exact) mass is 199 g/mol. The van der Waals surface area contributed by atoms with Crippen LogP contribution in [0.2, 0.25) is 0 Å². The standard InChI is InChI=1S/C10H17NOS/c1-8(2)6-9(12)7-10-11(3)4-5-13-10/h7-8H,4-6H2,1-3H3/b10-7+. The van der Waals surface area contributed by atoms with Gasteiger partial charge in [-0.3, -0.25) is 4.79 Å². The van der Waals surface area contributed by atoms with Crippen molar-refractivity contribution in [3.63, 3.8) is 0 Å². The van der Waals surface area contributed by atoms with Crippen LogP contribution in [0.1, 0.15) is 20.3 Å². The number of nitrogens with zero attached hydrogens (tertiary/aromatic N) is 1. The largest absolute Gasteiger partial charge is 0.368 e. The minimum absolute atomic E-state index is 0.256. The third-order valence-corrected chi connectivity index (χ3v) is 3.06. The zero-order valence-electron chi connectivity index (χ0n) is 8.54. The average Bonchev–Trinajstić information content (AvgIpc) is 2.34. The Morgan fingerprint density at radius 3 is 2.85 bits per heavy atom. The van der Waals surface area contributed by atoms with Crippen LogP contribution in [-0.4, -0.2) is 30.0 Å². The fraction of sp³-hybridized carbons (Fsp3) is 0.700. The summed E-state index contributed by atoms with van der Waals surface area (Å²) in [5.41, 5.74) is 0. The second-order valence-electron chi connectivity index (χ2n) is 3.82. The predicted molar refractivity (Wildman–Crippen MR) is 57.6 cm³/mol. The van der Waals surface area contributed by atoms with Crippen molar-refractivity contribution in [2.75, 3.05) is 19.3 Å². The van der Waals surface area contributed by atoms with Gasteiger partial charge in [-0.2, -0.15) is 0 Å². The van der Waals surface area contributed by atoms with Gasteiger partial charge in [-0.25, -0.2) is 0 Å². The molecule has 1 aliphatic heterocycles. The highest BCUT2D eigenvalue weighted by Crippen LogP contribution is 2.25. The quantitative estimate of drug-likeness (QED) is 0.649. The Kier molecular flexibility index (Phi) is 3.85. The van der Waals surface area contributed by atoms with Crippen molar-refractivity contribution in [3.05, 3.63) is 11.1 Å². The van der Waals surface area contributed by atoms with E-state index in [2.05, 4.69) is 18.7 Å². The molecule has 0 N–H and O–H groups in total. The Balaban J connectivity index is 2.49. The maximum Gasteiger partial charge on any atom is 0.158 e. The molecule has 13 heavy (non-hydrogen) atoms. The van der Waals surface area contributed by atoms with Gasteiger partial charge < -0.3 is 4.90 Å². The highest BCUT2D eigenvalue weighted by Gasteiger charge is 2.14. The number of rotatable bonds is 3. The van der Waals surface area contributed by atoms with E-state index in [1.165, 1.54) is 0 Å². The molecule has 0 aromatic heterocycles. The van der Waals surface area contributed by atoms with E-state index in [1.807, 2.05) is 7.05 Å². The van der Waals surface area contributed by atoms with E-state index >= 15 is 0 Å². The molecule has 0 bridgehead atoms. The van der Waals surface area contributed by atoms with E-state index < -0.39 is 0 Å². The van der Waals surface area contributed by atoms with Crippen molar-refractivity contribution in [1.82, 2.24) is 4.90 Å². The Morgan fingerprint density at radius 1 is 1.69 bits per heavy atom. The number of allylic oxidation sites excluding steroid dienone is 1. The van der Waals surface area contributed by atoms with Gasteiger partial charge in [0.15, 0.2) is 5.78 Å². The molecule has 0 amide bonds. The number of hydrogen-bond acceptors (Lipinski definition) is 3. The van der Waals surface area contributed by atoms with Crippen molar-refractivity contribution in [1.29, 1.82) is 0 Å². The summed E-state index contributed by atoms with van der Waals surface area (Å²) in [6.07, 6.45) is 2.45. The maximum atomic E-state index is 11.4. The molecule has 1 rings (SSSR count). The fourth-order valence-corrected chi connectivity index (χ4v) is 2.36. The molecule has 0 unspecified atom stereocenters. The third-order valence-electron chi connectivity index (χ3n) is 1.95. The Bertz CT molecular complexity index is 223. The Labute approximate surface area is 84.4 Å². The SMILES string of the molecule is CC(C)CC(=O)/C=C1/SCCN1C. The van der Waals surface area contributed by atoms with Crippen LogP contribution < -0.4 is 0 Å². The van der Waals surface area contributed by atoms with Crippen molar-refractivity contribution >= 4 is 17.5 Å². The fourth-order valence-electron chi connectivity index (χ4n) is 1.26. The van der Waals surface area contributed by atoms with Gasteiger partial charge in [0.2, 0.25) is 0 Å². The zero-order chi connectivity index (χ0) is 9.84. The summed E-state index contributed by atoms with van der Waals surface area (Å²) in [7, 11) is 2.04. The first-order valence-corrected chi connectivity index (χ1v) is 5.66. The third kappa shape index (κ3) is 3.43. The summed E-state index contributed by atoms with van der Waals surface area (Å²) in [5.74, 6) is 1.82. The van der Waals surface area contributed by atoms with Gasteiger partial charge in [-0.15, -0.1) is 11.8 Å². The normalized spacial score (nSPS) is 20.3. The first kappa shape index (κ1) is 10.6. The molecule has 2 nitrogen and oxygen atoms in total. The number of carbonyl (C=O) groups excluding carboxylic acids is 1. The second kappa shape index (κ2) is 4.70. The number of ketones is 1. The van der Waals surface area contributed by atoms with Crippen LogP contribution in [0, 0.1) is 5.92 Å². The summed E-state index contributed by atoms with van der Waals surface area (Å²) >= 11 is 1.77. The molecule has 1 fully saturated rings. The van der Waals surface area contributed by atoms with Gasteiger partial charge in [-0.05, 0) is 5.92 Å². The first-order chi connectivity index (χ1) is 6.09. The summed E-state index contributed by atoms with van der Waals surface area (Å²) in [6, 6.07) is 0. The molecule has 74 valence electrons. The van der Waals surface area contributed by atoms with Crippen LogP contribution in [0.5, 0.6) is 0 Å². The van der Waals surface area contributed by atoms with Crippen LogP contribution in [0.3, 0.4) is 0 Å². The minimum Gasteiger partial charge on any atom is -0.368 e. The van der Waals surface area contributed by atoms with Gasteiger partial charge in [0.05, 0.1) is 5.03 Å². The van der Waals surface area contributed by atoms with Crippen molar-refractivity contribution < 1.29 is 4.79 Å². The lowest BCUT2D eigenvalue weighted by Gasteiger charge is -2.10. The van der Waals surface area contributed by atoms with E-state index in [1.54, 1.807) is 17.8 Å². The van der Waals surface area contributed by atoms with Crippen LogP contribution in [-0.2, 0) is 4.79 Å². The van der Waals surface area contributed by atoms with Crippen molar-refractivity contribution in [2.45, 2.75) is 20.3 Å². The van der Waals surface area contributed by atoms with E-state index in [0.717, 1.165) is 17.3 Å². The Morgan fingerprint density at radius 2 is 2.38 bits per heavy atom. The molecule has 0 atom stereocenters. The molecule has 0 aromatic carbocycles. The van der Waals surface area contributed by atoms with Crippen LogP contribution in [0.15, 0.2) is 11.1 Å². The molecule has 0 spiro atoms. The molecule has 0 saturated carbocycles. The maximum absolute atomic E-state index is 11.4. The lowest BCUT2D eigenvalue weighted by Crippen LogP contribution is -2.12. The second-order valence-corrected chi connectivity index (χ2v) is 4.93. The molecule has 0 aliphatic carbocycles. The van der Waals surface area contributed by atoms with Gasteiger partial charge in [0, 0.05) is 31.8 Å². The van der Waals surface area contributed by atoms with E-state index in [0.29, 0.717) is 12.3 Å². The smallest absolute Gasteiger partial charge is 0.158 e. The van der Waals surface area contributed by atoms with Crippen LogP contribution in [0.25, 0.3) is 0 Å². The summed E-state index contributed by atoms with van der Waals surface area (Å²) in [4.78, 5) is 13.6. The average molecular weight is 199 g/mol. The van der Waals surface area contributed by atoms with Crippen molar-refractivity contribution in [2.24, 2.45) is 5.92 Å². The molecular formula is C10H17NOS. The van der Waals surface area contributed by atoms with Crippen molar-refractivity contribution in [3.8, 4) is 0 Å². The minimum atomic E-state index is 0.256. The van der Waals surface area contributed by atoms with E-state index in [4.69, 9.17) is 0 Å². The molecule has 0 aromatic rings. The Hall–Kier alpha value is -0.440. The summed E-state index contributed by atoms with van der Waals surface area (Å²) < 4.78 is 0. The lowest BCUT2D eigenvalue weighted by molar-refractivity contribution is -0.115. The number of thioether (sulfide) groups is 1. The molecule has 3 heteroatoms. The first-order valence-electron chi connectivity index (χ1n) is 4.68. The summed E-state index contributed by atoms with van der Waals surface area (Å²) in [6.45, 7) is 5.20. The molecule has 0 radical (unpaired) electrons. The van der Waals surface area contributed by atoms with Crippen LogP contribution in [0.4, 0.5) is 0 Å². The zero-order valence-corrected chi connectivity index (χ0v) is 9.36. The molecule has 1 heterocycles. The van der Waals surface area contributed by atoms with Gasteiger partial charge in [0.1, 0.15) is 0 Å². The number of carbonyl (C=O) groups is 1. The predicted octanol–water partition coefficient (Wildman–Crippen LogP) is 2.12. The van der Waals surface area contributed by atoms with Gasteiger partial charge in [0.25, 0.3) is 0 Å². The molecular weight excluding hydrogens is 182 g/mol. The lowest BCUT2D eigenvalue weighted by atomic mass is 10.1. The molecule has 1 saturated heterocycles. The van der Waals surface area contributed by atoms with Gasteiger partial charge in [-0.1, -0.05) is 13.8 Å². The van der Waals surface area contributed by atoms with E-state index in [-0.39, 0.29) is 5.78 Å².